The van der Waals surface area contributed by atoms with E-state index in [1.54, 1.807) is 6.08 Å². The maximum absolute atomic E-state index is 10.7. The highest BCUT2D eigenvalue weighted by Gasteiger charge is 2.28. The van der Waals surface area contributed by atoms with E-state index in [2.05, 4.69) is 11.9 Å². The van der Waals surface area contributed by atoms with E-state index in [-0.39, 0.29) is 24.5 Å². The molecule has 0 saturated carbocycles. The fourth-order valence-electron chi connectivity index (χ4n) is 1.16. The Morgan fingerprint density at radius 2 is 2.60 bits per heavy atom. The first-order valence-corrected chi connectivity index (χ1v) is 3.30. The summed E-state index contributed by atoms with van der Waals surface area (Å²) in [6, 6.07) is -0.106. The van der Waals surface area contributed by atoms with Crippen LogP contribution in [0.5, 0.6) is 0 Å². The lowest BCUT2D eigenvalue weighted by Crippen LogP contribution is -2.31. The molecule has 0 aliphatic carbocycles. The van der Waals surface area contributed by atoms with Crippen molar-refractivity contribution >= 4 is 5.91 Å². The number of aliphatic hydroxyl groups is 1. The first-order valence-electron chi connectivity index (χ1n) is 3.30. The van der Waals surface area contributed by atoms with E-state index < -0.39 is 0 Å². The predicted molar refractivity (Wildman–Crippen MR) is 37.3 cm³/mol. The summed E-state index contributed by atoms with van der Waals surface area (Å²) < 4.78 is 0. The summed E-state index contributed by atoms with van der Waals surface area (Å²) in [6.07, 6.45) is 2.17. The minimum atomic E-state index is -0.106. The van der Waals surface area contributed by atoms with Crippen LogP contribution in [0.1, 0.15) is 6.42 Å². The van der Waals surface area contributed by atoms with Gasteiger partial charge in [-0.25, -0.2) is 0 Å². The second kappa shape index (κ2) is 2.84. The average molecular weight is 141 g/mol. The van der Waals surface area contributed by atoms with Gasteiger partial charge >= 0.3 is 0 Å². The van der Waals surface area contributed by atoms with Crippen LogP contribution in [-0.4, -0.2) is 23.7 Å². The van der Waals surface area contributed by atoms with Gasteiger partial charge in [-0.3, -0.25) is 4.79 Å². The van der Waals surface area contributed by atoms with Crippen molar-refractivity contribution in [1.29, 1.82) is 0 Å². The Morgan fingerprint density at radius 1 is 1.90 bits per heavy atom. The van der Waals surface area contributed by atoms with Gasteiger partial charge in [-0.05, 0) is 0 Å². The molecule has 56 valence electrons. The summed E-state index contributed by atoms with van der Waals surface area (Å²) in [7, 11) is 0. The Kier molecular flexibility index (Phi) is 2.06. The molecule has 2 N–H and O–H groups in total. The third kappa shape index (κ3) is 1.19. The number of carbonyl (C=O) groups is 1. The van der Waals surface area contributed by atoms with E-state index >= 15 is 0 Å². The number of carbonyl (C=O) groups excluding carboxylic acids is 1. The normalized spacial score (nSPS) is 31.9. The van der Waals surface area contributed by atoms with Gasteiger partial charge in [-0.15, -0.1) is 6.58 Å². The lowest BCUT2D eigenvalue weighted by Gasteiger charge is -2.10. The average Bonchev–Trinajstić information content (AvgIpc) is 2.30. The highest BCUT2D eigenvalue weighted by molar-refractivity contribution is 5.79. The standard InChI is InChI=1S/C7H11NO2/c1-2-5-3-7(10)8-6(5)4-9/h2,5-6,9H,1,3-4H2,(H,8,10)/t5?,6-/m1/s1. The second-order valence-electron chi connectivity index (χ2n) is 2.46. The number of hydrogen-bond acceptors (Lipinski definition) is 2. The molecule has 1 unspecified atom stereocenters. The van der Waals surface area contributed by atoms with Crippen LogP contribution in [0.25, 0.3) is 0 Å². The minimum Gasteiger partial charge on any atom is -0.394 e. The summed E-state index contributed by atoms with van der Waals surface area (Å²) in [5.41, 5.74) is 0. The molecule has 0 aromatic rings. The number of rotatable bonds is 2. The Morgan fingerprint density at radius 3 is 3.00 bits per heavy atom. The van der Waals surface area contributed by atoms with Crippen molar-refractivity contribution < 1.29 is 9.90 Å². The molecule has 3 heteroatoms. The van der Waals surface area contributed by atoms with Gasteiger partial charge in [0.05, 0.1) is 12.6 Å². The van der Waals surface area contributed by atoms with Gasteiger partial charge in [0.1, 0.15) is 0 Å². The maximum atomic E-state index is 10.7. The van der Waals surface area contributed by atoms with E-state index in [1.807, 2.05) is 0 Å². The van der Waals surface area contributed by atoms with E-state index in [9.17, 15) is 4.79 Å². The summed E-state index contributed by atoms with van der Waals surface area (Å²) in [5, 5.41) is 11.4. The maximum Gasteiger partial charge on any atom is 0.220 e. The van der Waals surface area contributed by atoms with Crippen LogP contribution in [0.4, 0.5) is 0 Å². The van der Waals surface area contributed by atoms with Crippen LogP contribution >= 0.6 is 0 Å². The summed E-state index contributed by atoms with van der Waals surface area (Å²) in [5.74, 6) is 0.112. The lowest BCUT2D eigenvalue weighted by molar-refractivity contribution is -0.119. The summed E-state index contributed by atoms with van der Waals surface area (Å²) in [6.45, 7) is 3.57. The molecule has 0 radical (unpaired) electrons. The molecule has 0 spiro atoms. The Hall–Kier alpha value is -0.830. The van der Waals surface area contributed by atoms with Crippen LogP contribution in [0, 0.1) is 5.92 Å². The molecule has 1 aliphatic heterocycles. The van der Waals surface area contributed by atoms with Gasteiger partial charge < -0.3 is 10.4 Å². The molecule has 1 rings (SSSR count). The van der Waals surface area contributed by atoms with Crippen LogP contribution < -0.4 is 5.32 Å². The fraction of sp³-hybridized carbons (Fsp3) is 0.571. The zero-order chi connectivity index (χ0) is 7.56. The van der Waals surface area contributed by atoms with Crippen molar-refractivity contribution in [3.8, 4) is 0 Å². The van der Waals surface area contributed by atoms with Gasteiger partial charge in [-0.2, -0.15) is 0 Å². The summed E-state index contributed by atoms with van der Waals surface area (Å²) >= 11 is 0. The molecule has 1 heterocycles. The van der Waals surface area contributed by atoms with Crippen molar-refractivity contribution in [2.24, 2.45) is 5.92 Å². The lowest BCUT2D eigenvalue weighted by atomic mass is 10.0. The molecule has 0 bridgehead atoms. The Labute approximate surface area is 59.7 Å². The second-order valence-corrected chi connectivity index (χ2v) is 2.46. The molecular weight excluding hydrogens is 130 g/mol. The first-order chi connectivity index (χ1) is 4.77. The van der Waals surface area contributed by atoms with E-state index in [0.717, 1.165) is 0 Å². The third-order valence-corrected chi connectivity index (χ3v) is 1.78. The summed E-state index contributed by atoms with van der Waals surface area (Å²) in [4.78, 5) is 10.7. The van der Waals surface area contributed by atoms with Gasteiger partial charge in [0.15, 0.2) is 0 Å². The molecule has 3 nitrogen and oxygen atoms in total. The molecular formula is C7H11NO2. The van der Waals surface area contributed by atoms with Crippen molar-refractivity contribution in [2.75, 3.05) is 6.61 Å². The largest absolute Gasteiger partial charge is 0.394 e. The monoisotopic (exact) mass is 141 g/mol. The van der Waals surface area contributed by atoms with Crippen molar-refractivity contribution in [2.45, 2.75) is 12.5 Å². The van der Waals surface area contributed by atoms with Gasteiger partial charge in [0.25, 0.3) is 0 Å². The van der Waals surface area contributed by atoms with Gasteiger partial charge in [0, 0.05) is 12.3 Å². The number of amides is 1. The smallest absolute Gasteiger partial charge is 0.220 e. The van der Waals surface area contributed by atoms with Crippen LogP contribution in [0.3, 0.4) is 0 Å². The molecule has 1 saturated heterocycles. The SMILES string of the molecule is C=CC1CC(=O)N[C@@H]1CO. The molecule has 10 heavy (non-hydrogen) atoms. The Bertz CT molecular complexity index is 156. The zero-order valence-corrected chi connectivity index (χ0v) is 5.71. The third-order valence-electron chi connectivity index (χ3n) is 1.78. The number of nitrogens with one attached hydrogen (secondary N) is 1. The molecule has 1 aliphatic rings. The van der Waals surface area contributed by atoms with E-state index in [0.29, 0.717) is 6.42 Å². The van der Waals surface area contributed by atoms with E-state index in [4.69, 9.17) is 5.11 Å². The van der Waals surface area contributed by atoms with Crippen LogP contribution in [-0.2, 0) is 4.79 Å². The molecule has 1 amide bonds. The molecule has 2 atom stereocenters. The topological polar surface area (TPSA) is 49.3 Å². The van der Waals surface area contributed by atoms with Crippen molar-refractivity contribution in [3.05, 3.63) is 12.7 Å². The molecule has 1 fully saturated rings. The molecule has 0 aromatic carbocycles. The molecule has 0 aromatic heterocycles. The number of hydrogen-bond donors (Lipinski definition) is 2. The van der Waals surface area contributed by atoms with Crippen molar-refractivity contribution in [3.63, 3.8) is 0 Å². The van der Waals surface area contributed by atoms with Crippen LogP contribution in [0.2, 0.25) is 0 Å². The Balaban J connectivity index is 2.56. The van der Waals surface area contributed by atoms with E-state index in [1.165, 1.54) is 0 Å². The zero-order valence-electron chi connectivity index (χ0n) is 5.71. The van der Waals surface area contributed by atoms with Gasteiger partial charge in [0.2, 0.25) is 5.91 Å². The predicted octanol–water partition coefficient (Wildman–Crippen LogP) is -0.331. The first kappa shape index (κ1) is 7.28. The highest BCUT2D eigenvalue weighted by atomic mass is 16.3. The van der Waals surface area contributed by atoms with Gasteiger partial charge in [-0.1, -0.05) is 6.08 Å². The minimum absolute atomic E-state index is 0.00241. The van der Waals surface area contributed by atoms with Crippen molar-refractivity contribution in [1.82, 2.24) is 5.32 Å². The highest BCUT2D eigenvalue weighted by Crippen LogP contribution is 2.16. The van der Waals surface area contributed by atoms with Crippen LogP contribution in [0.15, 0.2) is 12.7 Å². The fourth-order valence-corrected chi connectivity index (χ4v) is 1.16. The quantitative estimate of drug-likeness (QED) is 0.517. The number of aliphatic hydroxyl groups excluding tert-OH is 1.